The summed E-state index contributed by atoms with van der Waals surface area (Å²) in [6.45, 7) is 4.01. The second kappa shape index (κ2) is 6.41. The van der Waals surface area contributed by atoms with E-state index >= 15 is 0 Å². The lowest BCUT2D eigenvalue weighted by molar-refractivity contribution is -0.144. The van der Waals surface area contributed by atoms with Crippen molar-refractivity contribution < 1.29 is 14.7 Å². The summed E-state index contributed by atoms with van der Waals surface area (Å²) < 4.78 is 0. The Labute approximate surface area is 113 Å². The normalized spacial score (nSPS) is 16.9. The molecule has 1 saturated carbocycles. The Morgan fingerprint density at radius 1 is 1.42 bits per heavy atom. The number of nitrogens with zero attached hydrogens (tertiary/aromatic N) is 2. The number of amides is 2. The number of nitrogens with one attached hydrogen (secondary N) is 1. The highest BCUT2D eigenvalue weighted by molar-refractivity contribution is 5.86. The third kappa shape index (κ3) is 3.60. The topological polar surface area (TPSA) is 93.4 Å². The first kappa shape index (κ1) is 15.3. The van der Waals surface area contributed by atoms with Crippen LogP contribution in [0.15, 0.2) is 0 Å². The molecule has 106 valence electrons. The van der Waals surface area contributed by atoms with Crippen LogP contribution in [0.3, 0.4) is 0 Å². The first-order valence-corrected chi connectivity index (χ1v) is 6.62. The molecular weight excluding hydrogens is 246 g/mol. The number of carboxylic acids is 1. The fraction of sp³-hybridized carbons (Fsp3) is 0.769. The molecule has 0 bridgehead atoms. The standard InChI is InChI=1S/C13H21N3O3/c1-10(2)16(9-5-8-14)12(19)15-13(11(17)18)6-3-4-7-13/h10H,3-7,9H2,1-2H3,(H,15,19)(H,17,18). The van der Waals surface area contributed by atoms with Crippen LogP contribution in [-0.4, -0.2) is 40.1 Å². The summed E-state index contributed by atoms with van der Waals surface area (Å²) in [6.07, 6.45) is 2.81. The summed E-state index contributed by atoms with van der Waals surface area (Å²) in [5.41, 5.74) is -1.13. The number of carbonyl (C=O) groups excluding carboxylic acids is 1. The van der Waals surface area contributed by atoms with Crippen LogP contribution in [-0.2, 0) is 4.79 Å². The summed E-state index contributed by atoms with van der Waals surface area (Å²) in [5.74, 6) is -0.970. The van der Waals surface area contributed by atoms with Crippen molar-refractivity contribution in [1.82, 2.24) is 10.2 Å². The maximum absolute atomic E-state index is 12.2. The van der Waals surface area contributed by atoms with Crippen molar-refractivity contribution in [2.24, 2.45) is 0 Å². The SMILES string of the molecule is CC(C)N(CCC#N)C(=O)NC1(C(=O)O)CCCC1. The average Bonchev–Trinajstić information content (AvgIpc) is 2.79. The molecule has 1 aliphatic carbocycles. The monoisotopic (exact) mass is 267 g/mol. The molecule has 0 heterocycles. The smallest absolute Gasteiger partial charge is 0.329 e. The Morgan fingerprint density at radius 2 is 2.00 bits per heavy atom. The lowest BCUT2D eigenvalue weighted by Gasteiger charge is -2.32. The Bertz CT molecular complexity index is 381. The molecule has 1 rings (SSSR count). The van der Waals surface area contributed by atoms with Crippen molar-refractivity contribution in [1.29, 1.82) is 5.26 Å². The molecule has 2 amide bonds. The maximum Gasteiger partial charge on any atom is 0.329 e. The van der Waals surface area contributed by atoms with Crippen molar-refractivity contribution in [3.63, 3.8) is 0 Å². The minimum Gasteiger partial charge on any atom is -0.480 e. The van der Waals surface area contributed by atoms with Crippen LogP contribution < -0.4 is 5.32 Å². The molecule has 0 spiro atoms. The van der Waals surface area contributed by atoms with Gasteiger partial charge in [0.15, 0.2) is 0 Å². The highest BCUT2D eigenvalue weighted by Crippen LogP contribution is 2.30. The summed E-state index contributed by atoms with van der Waals surface area (Å²) in [4.78, 5) is 25.1. The van der Waals surface area contributed by atoms with Gasteiger partial charge in [-0.25, -0.2) is 9.59 Å². The minimum atomic E-state index is -1.13. The Balaban J connectivity index is 2.75. The molecule has 0 radical (unpaired) electrons. The zero-order valence-electron chi connectivity index (χ0n) is 11.5. The van der Waals surface area contributed by atoms with Gasteiger partial charge < -0.3 is 15.3 Å². The number of hydrogen-bond donors (Lipinski definition) is 2. The number of hydrogen-bond acceptors (Lipinski definition) is 3. The Morgan fingerprint density at radius 3 is 2.42 bits per heavy atom. The van der Waals surface area contributed by atoms with E-state index in [9.17, 15) is 14.7 Å². The van der Waals surface area contributed by atoms with E-state index in [-0.39, 0.29) is 12.5 Å². The van der Waals surface area contributed by atoms with Gasteiger partial charge in [0.25, 0.3) is 0 Å². The maximum atomic E-state index is 12.2. The van der Waals surface area contributed by atoms with Crippen LogP contribution >= 0.6 is 0 Å². The molecule has 6 nitrogen and oxygen atoms in total. The summed E-state index contributed by atoms with van der Waals surface area (Å²) in [7, 11) is 0. The van der Waals surface area contributed by atoms with Crippen molar-refractivity contribution in [2.45, 2.75) is 57.5 Å². The second-order valence-electron chi connectivity index (χ2n) is 5.22. The molecule has 0 aromatic carbocycles. The number of rotatable bonds is 5. The summed E-state index contributed by atoms with van der Waals surface area (Å²) >= 11 is 0. The number of carbonyl (C=O) groups is 2. The Hall–Kier alpha value is -1.77. The van der Waals surface area contributed by atoms with E-state index in [0.717, 1.165) is 12.8 Å². The number of nitriles is 1. The molecular formula is C13H21N3O3. The summed E-state index contributed by atoms with van der Waals surface area (Å²) in [5, 5.41) is 20.6. The van der Waals surface area contributed by atoms with Gasteiger partial charge in [0.1, 0.15) is 5.54 Å². The van der Waals surface area contributed by atoms with E-state index in [2.05, 4.69) is 5.32 Å². The van der Waals surface area contributed by atoms with Gasteiger partial charge in [-0.2, -0.15) is 5.26 Å². The van der Waals surface area contributed by atoms with Crippen molar-refractivity contribution in [3.05, 3.63) is 0 Å². The average molecular weight is 267 g/mol. The molecule has 0 aromatic rings. The van der Waals surface area contributed by atoms with Crippen LogP contribution in [0.25, 0.3) is 0 Å². The van der Waals surface area contributed by atoms with Gasteiger partial charge >= 0.3 is 12.0 Å². The van der Waals surface area contributed by atoms with Gasteiger partial charge in [-0.05, 0) is 26.7 Å². The quantitative estimate of drug-likeness (QED) is 0.793. The first-order chi connectivity index (χ1) is 8.93. The van der Waals surface area contributed by atoms with Gasteiger partial charge in [0.2, 0.25) is 0 Å². The molecule has 6 heteroatoms. The molecule has 0 saturated heterocycles. The lowest BCUT2D eigenvalue weighted by Crippen LogP contribution is -2.57. The van der Waals surface area contributed by atoms with Crippen LogP contribution in [0.2, 0.25) is 0 Å². The first-order valence-electron chi connectivity index (χ1n) is 6.62. The molecule has 0 atom stereocenters. The third-order valence-electron chi connectivity index (χ3n) is 3.56. The van der Waals surface area contributed by atoms with E-state index in [1.165, 1.54) is 4.90 Å². The second-order valence-corrected chi connectivity index (χ2v) is 5.22. The van der Waals surface area contributed by atoms with Crippen LogP contribution in [0.1, 0.15) is 46.0 Å². The zero-order chi connectivity index (χ0) is 14.5. The van der Waals surface area contributed by atoms with Crippen LogP contribution in [0.5, 0.6) is 0 Å². The molecule has 1 aliphatic rings. The predicted octanol–water partition coefficient (Wildman–Crippen LogP) is 1.72. The van der Waals surface area contributed by atoms with Gasteiger partial charge in [-0.1, -0.05) is 12.8 Å². The van der Waals surface area contributed by atoms with Crippen molar-refractivity contribution in [2.75, 3.05) is 6.54 Å². The van der Waals surface area contributed by atoms with Crippen LogP contribution in [0.4, 0.5) is 4.79 Å². The highest BCUT2D eigenvalue weighted by atomic mass is 16.4. The molecule has 2 N–H and O–H groups in total. The Kier molecular flexibility index (Phi) is 5.16. The van der Waals surface area contributed by atoms with Crippen LogP contribution in [0, 0.1) is 11.3 Å². The van der Waals surface area contributed by atoms with E-state index < -0.39 is 17.5 Å². The molecule has 0 aromatic heterocycles. The van der Waals surface area contributed by atoms with Crippen molar-refractivity contribution >= 4 is 12.0 Å². The van der Waals surface area contributed by atoms with E-state index in [0.29, 0.717) is 19.4 Å². The molecule has 19 heavy (non-hydrogen) atoms. The molecule has 0 aliphatic heterocycles. The van der Waals surface area contributed by atoms with E-state index in [4.69, 9.17) is 5.26 Å². The molecule has 1 fully saturated rings. The van der Waals surface area contributed by atoms with E-state index in [1.807, 2.05) is 19.9 Å². The third-order valence-corrected chi connectivity index (χ3v) is 3.56. The largest absolute Gasteiger partial charge is 0.480 e. The molecule has 0 unspecified atom stereocenters. The van der Waals surface area contributed by atoms with Gasteiger partial charge in [0, 0.05) is 12.6 Å². The van der Waals surface area contributed by atoms with Crippen molar-refractivity contribution in [3.8, 4) is 6.07 Å². The fourth-order valence-corrected chi connectivity index (χ4v) is 2.41. The van der Waals surface area contributed by atoms with Gasteiger partial charge in [-0.3, -0.25) is 0 Å². The minimum absolute atomic E-state index is 0.0689. The highest BCUT2D eigenvalue weighted by Gasteiger charge is 2.43. The number of carboxylic acid groups (broad SMARTS) is 1. The van der Waals surface area contributed by atoms with E-state index in [1.54, 1.807) is 0 Å². The predicted molar refractivity (Wildman–Crippen MR) is 69.4 cm³/mol. The summed E-state index contributed by atoms with van der Waals surface area (Å²) in [6, 6.07) is 1.53. The number of urea groups is 1. The number of aliphatic carboxylic acids is 1. The fourth-order valence-electron chi connectivity index (χ4n) is 2.41. The lowest BCUT2D eigenvalue weighted by atomic mass is 9.98. The van der Waals surface area contributed by atoms with Gasteiger partial charge in [-0.15, -0.1) is 0 Å². The van der Waals surface area contributed by atoms with Gasteiger partial charge in [0.05, 0.1) is 12.5 Å². The zero-order valence-corrected chi connectivity index (χ0v) is 11.5.